The van der Waals surface area contributed by atoms with Crippen LogP contribution in [0.2, 0.25) is 0 Å². The number of nitrogens with one attached hydrogen (secondary N) is 1. The third-order valence-corrected chi connectivity index (χ3v) is 3.31. The maximum absolute atomic E-state index is 5.59. The molecule has 1 N–H and O–H groups in total. The zero-order valence-electron chi connectivity index (χ0n) is 13.2. The van der Waals surface area contributed by atoms with E-state index in [1.165, 1.54) is 37.7 Å². The van der Waals surface area contributed by atoms with Crippen molar-refractivity contribution in [1.82, 2.24) is 5.32 Å². The Labute approximate surface area is 123 Å². The van der Waals surface area contributed by atoms with Crippen LogP contribution in [0, 0.1) is 0 Å². The molecule has 0 bridgehead atoms. The highest BCUT2D eigenvalue weighted by Crippen LogP contribution is 2.27. The summed E-state index contributed by atoms with van der Waals surface area (Å²) < 4.78 is 10.9. The van der Waals surface area contributed by atoms with E-state index in [4.69, 9.17) is 9.47 Å². The molecular formula is C17H29NO2. The van der Waals surface area contributed by atoms with Gasteiger partial charge in [-0.05, 0) is 37.6 Å². The summed E-state index contributed by atoms with van der Waals surface area (Å²) in [5.41, 5.74) is 1.24. The Morgan fingerprint density at radius 1 is 1.00 bits per heavy atom. The highest BCUT2D eigenvalue weighted by molar-refractivity contribution is 5.42. The summed E-state index contributed by atoms with van der Waals surface area (Å²) in [5, 5.41) is 3.49. The molecule has 0 aliphatic rings. The fourth-order valence-electron chi connectivity index (χ4n) is 2.19. The Morgan fingerprint density at radius 2 is 1.80 bits per heavy atom. The van der Waals surface area contributed by atoms with Crippen molar-refractivity contribution in [1.29, 1.82) is 0 Å². The second-order valence-electron chi connectivity index (χ2n) is 5.01. The minimum atomic E-state index is 0.657. The smallest absolute Gasteiger partial charge is 0.161 e. The van der Waals surface area contributed by atoms with Crippen molar-refractivity contribution >= 4 is 0 Å². The molecule has 114 valence electrons. The van der Waals surface area contributed by atoms with E-state index >= 15 is 0 Å². The van der Waals surface area contributed by atoms with Gasteiger partial charge in [0.15, 0.2) is 11.5 Å². The monoisotopic (exact) mass is 279 g/mol. The zero-order chi connectivity index (χ0) is 14.6. The lowest BCUT2D eigenvalue weighted by molar-refractivity contribution is 0.310. The van der Waals surface area contributed by atoms with Gasteiger partial charge >= 0.3 is 0 Å². The normalized spacial score (nSPS) is 10.6. The molecule has 0 radical (unpaired) electrons. The number of hydrogen-bond acceptors (Lipinski definition) is 3. The Balaban J connectivity index is 2.31. The molecule has 0 saturated heterocycles. The van der Waals surface area contributed by atoms with Gasteiger partial charge in [0.2, 0.25) is 0 Å². The quantitative estimate of drug-likeness (QED) is 0.617. The number of rotatable bonds is 11. The molecule has 1 aromatic carbocycles. The molecule has 0 spiro atoms. The summed E-state index contributed by atoms with van der Waals surface area (Å²) in [6.07, 6.45) is 6.60. The van der Waals surface area contributed by atoms with Gasteiger partial charge in [-0.25, -0.2) is 0 Å². The Bertz CT molecular complexity index is 366. The van der Waals surface area contributed by atoms with Crippen molar-refractivity contribution in [3.63, 3.8) is 0 Å². The van der Waals surface area contributed by atoms with Crippen molar-refractivity contribution in [3.8, 4) is 11.5 Å². The van der Waals surface area contributed by atoms with Gasteiger partial charge in [0.05, 0.1) is 13.7 Å². The van der Waals surface area contributed by atoms with E-state index in [2.05, 4.69) is 24.4 Å². The highest BCUT2D eigenvalue weighted by Gasteiger charge is 2.04. The summed E-state index contributed by atoms with van der Waals surface area (Å²) in [5.74, 6) is 1.63. The maximum atomic E-state index is 5.59. The number of ether oxygens (including phenoxy) is 2. The van der Waals surface area contributed by atoms with Crippen molar-refractivity contribution in [3.05, 3.63) is 23.8 Å². The largest absolute Gasteiger partial charge is 0.493 e. The minimum Gasteiger partial charge on any atom is -0.493 e. The third-order valence-electron chi connectivity index (χ3n) is 3.31. The molecule has 0 atom stereocenters. The van der Waals surface area contributed by atoms with Crippen LogP contribution in [0.4, 0.5) is 0 Å². The zero-order valence-corrected chi connectivity index (χ0v) is 13.2. The van der Waals surface area contributed by atoms with E-state index in [9.17, 15) is 0 Å². The first-order chi connectivity index (χ1) is 9.81. The molecule has 20 heavy (non-hydrogen) atoms. The molecular weight excluding hydrogens is 250 g/mol. The van der Waals surface area contributed by atoms with Gasteiger partial charge in [0.1, 0.15) is 0 Å². The second kappa shape index (κ2) is 10.6. The predicted molar refractivity (Wildman–Crippen MR) is 84.6 cm³/mol. The average Bonchev–Trinajstić information content (AvgIpc) is 2.47. The molecule has 1 aromatic rings. The maximum Gasteiger partial charge on any atom is 0.161 e. The fourth-order valence-corrected chi connectivity index (χ4v) is 2.19. The van der Waals surface area contributed by atoms with E-state index in [1.54, 1.807) is 7.11 Å². The molecule has 0 unspecified atom stereocenters. The highest BCUT2D eigenvalue weighted by atomic mass is 16.5. The molecule has 0 aromatic heterocycles. The summed E-state index contributed by atoms with van der Waals surface area (Å²) in [6.45, 7) is 6.86. The molecule has 0 amide bonds. The summed E-state index contributed by atoms with van der Waals surface area (Å²) in [4.78, 5) is 0. The van der Waals surface area contributed by atoms with Crippen LogP contribution in [0.3, 0.4) is 0 Å². The average molecular weight is 279 g/mol. The van der Waals surface area contributed by atoms with Crippen molar-refractivity contribution < 1.29 is 9.47 Å². The fraction of sp³-hybridized carbons (Fsp3) is 0.647. The number of methoxy groups -OCH3 is 1. The van der Waals surface area contributed by atoms with Gasteiger partial charge in [-0.15, -0.1) is 0 Å². The number of benzene rings is 1. The minimum absolute atomic E-state index is 0.657. The lowest BCUT2D eigenvalue weighted by Crippen LogP contribution is -2.14. The van der Waals surface area contributed by atoms with Crippen molar-refractivity contribution in [2.24, 2.45) is 0 Å². The van der Waals surface area contributed by atoms with Crippen LogP contribution in [0.15, 0.2) is 18.2 Å². The van der Waals surface area contributed by atoms with Crippen LogP contribution in [0.1, 0.15) is 51.5 Å². The molecule has 0 aliphatic carbocycles. The van der Waals surface area contributed by atoms with Gasteiger partial charge in [-0.3, -0.25) is 0 Å². The molecule has 3 nitrogen and oxygen atoms in total. The van der Waals surface area contributed by atoms with Crippen LogP contribution in [0.25, 0.3) is 0 Å². The Kier molecular flexibility index (Phi) is 8.88. The number of hydrogen-bond donors (Lipinski definition) is 1. The molecule has 0 fully saturated rings. The van der Waals surface area contributed by atoms with Crippen LogP contribution in [0.5, 0.6) is 11.5 Å². The SMILES string of the molecule is CCCCCCCNCc1ccc(OC)c(OCC)c1. The Morgan fingerprint density at radius 3 is 2.50 bits per heavy atom. The summed E-state index contributed by atoms with van der Waals surface area (Å²) in [6, 6.07) is 6.13. The first-order valence-electron chi connectivity index (χ1n) is 7.82. The van der Waals surface area contributed by atoms with Crippen LogP contribution in [-0.2, 0) is 6.54 Å². The van der Waals surface area contributed by atoms with E-state index in [0.717, 1.165) is 24.6 Å². The van der Waals surface area contributed by atoms with E-state index in [1.807, 2.05) is 13.0 Å². The molecule has 0 saturated carbocycles. The summed E-state index contributed by atoms with van der Waals surface area (Å²) >= 11 is 0. The van der Waals surface area contributed by atoms with E-state index in [-0.39, 0.29) is 0 Å². The number of unbranched alkanes of at least 4 members (excludes halogenated alkanes) is 4. The van der Waals surface area contributed by atoms with Crippen LogP contribution in [-0.4, -0.2) is 20.3 Å². The van der Waals surface area contributed by atoms with E-state index in [0.29, 0.717) is 6.61 Å². The molecule has 0 heterocycles. The standard InChI is InChI=1S/C17H29NO2/c1-4-6-7-8-9-12-18-14-15-10-11-16(19-3)17(13-15)20-5-2/h10-11,13,18H,4-9,12,14H2,1-3H3. The van der Waals surface area contributed by atoms with Gasteiger partial charge in [0.25, 0.3) is 0 Å². The molecule has 1 rings (SSSR count). The van der Waals surface area contributed by atoms with E-state index < -0.39 is 0 Å². The van der Waals surface area contributed by atoms with Crippen LogP contribution < -0.4 is 14.8 Å². The molecule has 3 heteroatoms. The predicted octanol–water partition coefficient (Wildman–Crippen LogP) is 4.15. The lowest BCUT2D eigenvalue weighted by atomic mass is 10.1. The topological polar surface area (TPSA) is 30.5 Å². The lowest BCUT2D eigenvalue weighted by Gasteiger charge is -2.11. The van der Waals surface area contributed by atoms with Crippen molar-refractivity contribution in [2.45, 2.75) is 52.5 Å². The Hall–Kier alpha value is -1.22. The third kappa shape index (κ3) is 6.29. The van der Waals surface area contributed by atoms with Gasteiger partial charge in [0, 0.05) is 6.54 Å². The second-order valence-corrected chi connectivity index (χ2v) is 5.01. The first kappa shape index (κ1) is 16.8. The van der Waals surface area contributed by atoms with Gasteiger partial charge in [-0.2, -0.15) is 0 Å². The van der Waals surface area contributed by atoms with Crippen LogP contribution >= 0.6 is 0 Å². The van der Waals surface area contributed by atoms with Crippen molar-refractivity contribution in [2.75, 3.05) is 20.3 Å². The van der Waals surface area contributed by atoms with Gasteiger partial charge in [-0.1, -0.05) is 38.7 Å². The first-order valence-corrected chi connectivity index (χ1v) is 7.82. The summed E-state index contributed by atoms with van der Waals surface area (Å²) in [7, 11) is 1.67. The molecule has 0 aliphatic heterocycles. The van der Waals surface area contributed by atoms with Gasteiger partial charge < -0.3 is 14.8 Å².